The van der Waals surface area contributed by atoms with Gasteiger partial charge in [-0.05, 0) is 50.8 Å². The summed E-state index contributed by atoms with van der Waals surface area (Å²) in [5.41, 5.74) is 0.401. The number of aryl methyl sites for hydroxylation is 1. The zero-order valence-electron chi connectivity index (χ0n) is 14.1. The van der Waals surface area contributed by atoms with Crippen LogP contribution in [0.4, 0.5) is 0 Å². The molecule has 2 N–H and O–H groups in total. The second-order valence-corrected chi connectivity index (χ2v) is 6.24. The molecule has 1 aliphatic rings. The van der Waals surface area contributed by atoms with Crippen molar-refractivity contribution in [1.82, 2.24) is 10.6 Å². The Kier molecular flexibility index (Phi) is 6.21. The van der Waals surface area contributed by atoms with Gasteiger partial charge < -0.3 is 19.8 Å². The molecule has 1 aliphatic heterocycles. The number of methoxy groups -OCH3 is 1. The molecule has 1 aromatic heterocycles. The van der Waals surface area contributed by atoms with Crippen molar-refractivity contribution in [3.05, 3.63) is 23.2 Å². The Labute approximate surface area is 137 Å². The average molecular weight is 322 g/mol. The Morgan fingerprint density at radius 3 is 2.96 bits per heavy atom. The van der Waals surface area contributed by atoms with Crippen LogP contribution in [-0.4, -0.2) is 32.1 Å². The fourth-order valence-corrected chi connectivity index (χ4v) is 3.02. The van der Waals surface area contributed by atoms with Crippen LogP contribution in [0.1, 0.15) is 48.1 Å². The molecule has 2 unspecified atom stereocenters. The van der Waals surface area contributed by atoms with Crippen LogP contribution in [0, 0.1) is 18.8 Å². The average Bonchev–Trinajstić information content (AvgIpc) is 2.94. The number of carbonyl (C=O) groups is 2. The van der Waals surface area contributed by atoms with E-state index in [2.05, 4.69) is 22.3 Å². The van der Waals surface area contributed by atoms with Gasteiger partial charge in [-0.1, -0.05) is 6.92 Å². The van der Waals surface area contributed by atoms with E-state index >= 15 is 0 Å². The molecule has 2 rings (SSSR count). The van der Waals surface area contributed by atoms with Gasteiger partial charge >= 0.3 is 5.97 Å². The molecule has 0 saturated carbocycles. The van der Waals surface area contributed by atoms with Gasteiger partial charge in [0.2, 0.25) is 5.91 Å². The summed E-state index contributed by atoms with van der Waals surface area (Å²) in [7, 11) is 1.33. The minimum Gasteiger partial charge on any atom is -0.465 e. The molecule has 1 fully saturated rings. The largest absolute Gasteiger partial charge is 0.465 e. The van der Waals surface area contributed by atoms with Crippen molar-refractivity contribution in [2.75, 3.05) is 20.2 Å². The van der Waals surface area contributed by atoms with Gasteiger partial charge in [-0.3, -0.25) is 4.79 Å². The van der Waals surface area contributed by atoms with Gasteiger partial charge in [0.1, 0.15) is 17.1 Å². The summed E-state index contributed by atoms with van der Waals surface area (Å²) in [6.45, 7) is 6.19. The molecule has 0 bridgehead atoms. The first kappa shape index (κ1) is 17.5. The zero-order chi connectivity index (χ0) is 16.8. The molecule has 6 heteroatoms. The predicted molar refractivity (Wildman–Crippen MR) is 86.0 cm³/mol. The summed E-state index contributed by atoms with van der Waals surface area (Å²) in [4.78, 5) is 23.6. The summed E-state index contributed by atoms with van der Waals surface area (Å²) in [6.07, 6.45) is 2.87. The van der Waals surface area contributed by atoms with Gasteiger partial charge in [0.05, 0.1) is 13.7 Å². The van der Waals surface area contributed by atoms with Gasteiger partial charge in [-0.15, -0.1) is 0 Å². The van der Waals surface area contributed by atoms with Crippen molar-refractivity contribution in [2.45, 2.75) is 39.7 Å². The van der Waals surface area contributed by atoms with E-state index in [0.717, 1.165) is 13.1 Å². The van der Waals surface area contributed by atoms with Crippen LogP contribution >= 0.6 is 0 Å². The number of amides is 1. The highest BCUT2D eigenvalue weighted by Crippen LogP contribution is 2.22. The van der Waals surface area contributed by atoms with E-state index in [1.54, 1.807) is 13.0 Å². The number of furan rings is 1. The maximum absolute atomic E-state index is 12.1. The number of ether oxygens (including phenoxy) is 1. The minimum absolute atomic E-state index is 0.0109. The van der Waals surface area contributed by atoms with E-state index in [4.69, 9.17) is 4.42 Å². The Morgan fingerprint density at radius 2 is 2.30 bits per heavy atom. The number of piperidine rings is 1. The van der Waals surface area contributed by atoms with Crippen LogP contribution < -0.4 is 10.6 Å². The van der Waals surface area contributed by atoms with Crippen molar-refractivity contribution in [3.8, 4) is 0 Å². The highest BCUT2D eigenvalue weighted by molar-refractivity contribution is 5.90. The van der Waals surface area contributed by atoms with Crippen LogP contribution in [-0.2, 0) is 16.1 Å². The van der Waals surface area contributed by atoms with E-state index in [9.17, 15) is 9.59 Å². The van der Waals surface area contributed by atoms with Crippen molar-refractivity contribution in [1.29, 1.82) is 0 Å². The lowest BCUT2D eigenvalue weighted by atomic mass is 9.85. The van der Waals surface area contributed by atoms with Crippen LogP contribution in [0.15, 0.2) is 10.5 Å². The molecule has 1 saturated heterocycles. The molecule has 2 atom stereocenters. The van der Waals surface area contributed by atoms with E-state index in [0.29, 0.717) is 35.3 Å². The number of hydrogen-bond acceptors (Lipinski definition) is 5. The SMILES string of the molecule is COC(=O)c1cc(CNC(=O)CC(C)C2CCCNC2)oc1C. The van der Waals surface area contributed by atoms with Gasteiger partial charge in [0.25, 0.3) is 0 Å². The first-order valence-corrected chi connectivity index (χ1v) is 8.16. The van der Waals surface area contributed by atoms with Crippen LogP contribution in [0.2, 0.25) is 0 Å². The third-order valence-electron chi connectivity index (χ3n) is 4.48. The van der Waals surface area contributed by atoms with E-state index in [1.807, 2.05) is 0 Å². The Morgan fingerprint density at radius 1 is 1.52 bits per heavy atom. The lowest BCUT2D eigenvalue weighted by Gasteiger charge is -2.27. The van der Waals surface area contributed by atoms with Gasteiger partial charge in [-0.25, -0.2) is 4.79 Å². The number of esters is 1. The van der Waals surface area contributed by atoms with Crippen molar-refractivity contribution in [3.63, 3.8) is 0 Å². The summed E-state index contributed by atoms with van der Waals surface area (Å²) >= 11 is 0. The standard InChI is InChI=1S/C17H26N2O4/c1-11(13-5-4-6-18-9-13)7-16(20)19-10-14-8-15(12(2)23-14)17(21)22-3/h8,11,13,18H,4-7,9-10H2,1-3H3,(H,19,20). The summed E-state index contributed by atoms with van der Waals surface area (Å²) in [5.74, 6) is 1.56. The Bertz CT molecular complexity index is 547. The number of hydrogen-bond donors (Lipinski definition) is 2. The van der Waals surface area contributed by atoms with Crippen LogP contribution in [0.3, 0.4) is 0 Å². The van der Waals surface area contributed by atoms with Crippen molar-refractivity contribution >= 4 is 11.9 Å². The third kappa shape index (κ3) is 4.82. The molecule has 1 amide bonds. The molecular weight excluding hydrogens is 296 g/mol. The molecule has 0 aromatic carbocycles. The number of nitrogens with one attached hydrogen (secondary N) is 2. The van der Waals surface area contributed by atoms with E-state index in [-0.39, 0.29) is 12.5 Å². The molecule has 2 heterocycles. The van der Waals surface area contributed by atoms with Gasteiger partial charge in [0, 0.05) is 6.42 Å². The lowest BCUT2D eigenvalue weighted by molar-refractivity contribution is -0.122. The quantitative estimate of drug-likeness (QED) is 0.783. The second-order valence-electron chi connectivity index (χ2n) is 6.24. The molecule has 23 heavy (non-hydrogen) atoms. The predicted octanol–water partition coefficient (Wildman–Crippen LogP) is 2.02. The number of carbonyl (C=O) groups excluding carboxylic acids is 2. The molecule has 0 radical (unpaired) electrons. The zero-order valence-corrected chi connectivity index (χ0v) is 14.1. The second kappa shape index (κ2) is 8.15. The first-order chi connectivity index (χ1) is 11.0. The van der Waals surface area contributed by atoms with E-state index < -0.39 is 5.97 Å². The Balaban J connectivity index is 1.81. The van der Waals surface area contributed by atoms with Crippen molar-refractivity contribution < 1.29 is 18.7 Å². The highest BCUT2D eigenvalue weighted by atomic mass is 16.5. The maximum Gasteiger partial charge on any atom is 0.341 e. The molecule has 128 valence electrons. The maximum atomic E-state index is 12.1. The van der Waals surface area contributed by atoms with E-state index in [1.165, 1.54) is 20.0 Å². The van der Waals surface area contributed by atoms with Gasteiger partial charge in [0.15, 0.2) is 0 Å². The van der Waals surface area contributed by atoms with Crippen LogP contribution in [0.25, 0.3) is 0 Å². The topological polar surface area (TPSA) is 80.6 Å². The highest BCUT2D eigenvalue weighted by Gasteiger charge is 2.22. The minimum atomic E-state index is -0.428. The normalized spacial score (nSPS) is 19.2. The molecule has 6 nitrogen and oxygen atoms in total. The Hall–Kier alpha value is -1.82. The van der Waals surface area contributed by atoms with Crippen molar-refractivity contribution in [2.24, 2.45) is 11.8 Å². The fraction of sp³-hybridized carbons (Fsp3) is 0.647. The molecule has 0 aliphatic carbocycles. The third-order valence-corrected chi connectivity index (χ3v) is 4.48. The summed E-state index contributed by atoms with van der Waals surface area (Å²) in [6, 6.07) is 1.62. The molecule has 0 spiro atoms. The lowest BCUT2D eigenvalue weighted by Crippen LogP contribution is -2.35. The first-order valence-electron chi connectivity index (χ1n) is 8.16. The fourth-order valence-electron chi connectivity index (χ4n) is 3.02. The smallest absolute Gasteiger partial charge is 0.341 e. The summed E-state index contributed by atoms with van der Waals surface area (Å²) < 4.78 is 10.2. The monoisotopic (exact) mass is 322 g/mol. The molecular formula is C17H26N2O4. The van der Waals surface area contributed by atoms with Crippen LogP contribution in [0.5, 0.6) is 0 Å². The summed E-state index contributed by atoms with van der Waals surface area (Å²) in [5, 5.41) is 6.24. The van der Waals surface area contributed by atoms with Gasteiger partial charge in [-0.2, -0.15) is 0 Å². The molecule has 1 aromatic rings. The number of rotatable bonds is 6.